The standard InChI is InChI=1S/C18H15NO2/c1-19-16-10-6-5-9-14(16)15(11-12-17(20)21)18(19)13-7-3-2-4-8-13/h2-12H,1H3,(H,20,21)/b12-11+. The highest BCUT2D eigenvalue weighted by Crippen LogP contribution is 2.33. The molecular formula is C18H15NO2. The molecule has 3 rings (SSSR count). The van der Waals surface area contributed by atoms with Gasteiger partial charge in [0.1, 0.15) is 0 Å². The number of aryl methyl sites for hydroxylation is 1. The molecule has 0 radical (unpaired) electrons. The molecule has 0 aliphatic carbocycles. The Morgan fingerprint density at radius 1 is 1.05 bits per heavy atom. The van der Waals surface area contributed by atoms with Crippen LogP contribution in [0.4, 0.5) is 0 Å². The zero-order chi connectivity index (χ0) is 14.8. The fourth-order valence-electron chi connectivity index (χ4n) is 2.69. The van der Waals surface area contributed by atoms with Crippen LogP contribution in [0.1, 0.15) is 5.56 Å². The smallest absolute Gasteiger partial charge is 0.328 e. The van der Waals surface area contributed by atoms with Gasteiger partial charge in [0.2, 0.25) is 0 Å². The summed E-state index contributed by atoms with van der Waals surface area (Å²) in [4.78, 5) is 10.9. The van der Waals surface area contributed by atoms with Gasteiger partial charge in [-0.2, -0.15) is 0 Å². The SMILES string of the molecule is Cn1c(-c2ccccc2)c(/C=C/C(=O)O)c2ccccc21. The van der Waals surface area contributed by atoms with Gasteiger partial charge in [0.05, 0.1) is 5.69 Å². The minimum Gasteiger partial charge on any atom is -0.478 e. The van der Waals surface area contributed by atoms with Crippen molar-refractivity contribution < 1.29 is 9.90 Å². The number of nitrogens with zero attached hydrogens (tertiary/aromatic N) is 1. The van der Waals surface area contributed by atoms with Gasteiger partial charge >= 0.3 is 5.97 Å². The number of hydrogen-bond acceptors (Lipinski definition) is 1. The number of hydrogen-bond donors (Lipinski definition) is 1. The molecule has 1 N–H and O–H groups in total. The molecule has 0 saturated heterocycles. The highest BCUT2D eigenvalue weighted by atomic mass is 16.4. The third-order valence-electron chi connectivity index (χ3n) is 3.59. The lowest BCUT2D eigenvalue weighted by atomic mass is 10.0. The molecule has 1 heterocycles. The Hall–Kier alpha value is -2.81. The predicted molar refractivity (Wildman–Crippen MR) is 85.0 cm³/mol. The molecule has 0 aliphatic heterocycles. The Labute approximate surface area is 122 Å². The van der Waals surface area contributed by atoms with E-state index in [1.165, 1.54) is 6.08 Å². The van der Waals surface area contributed by atoms with E-state index in [4.69, 9.17) is 5.11 Å². The zero-order valence-electron chi connectivity index (χ0n) is 11.7. The number of para-hydroxylation sites is 1. The molecule has 3 aromatic rings. The maximum absolute atomic E-state index is 10.9. The molecule has 104 valence electrons. The molecule has 0 atom stereocenters. The van der Waals surface area contributed by atoms with Crippen LogP contribution < -0.4 is 0 Å². The Morgan fingerprint density at radius 3 is 2.43 bits per heavy atom. The number of benzene rings is 2. The third-order valence-corrected chi connectivity index (χ3v) is 3.59. The second-order valence-corrected chi connectivity index (χ2v) is 4.88. The minimum atomic E-state index is -0.943. The number of carboxylic acids is 1. The van der Waals surface area contributed by atoms with Crippen molar-refractivity contribution in [2.45, 2.75) is 0 Å². The Morgan fingerprint density at radius 2 is 1.71 bits per heavy atom. The molecule has 0 bridgehead atoms. The largest absolute Gasteiger partial charge is 0.478 e. The van der Waals surface area contributed by atoms with Gasteiger partial charge < -0.3 is 9.67 Å². The number of aliphatic carboxylic acids is 1. The van der Waals surface area contributed by atoms with E-state index in [9.17, 15) is 4.79 Å². The maximum atomic E-state index is 10.9. The van der Waals surface area contributed by atoms with Crippen LogP contribution in [0.5, 0.6) is 0 Å². The molecule has 3 nitrogen and oxygen atoms in total. The van der Waals surface area contributed by atoms with Crippen LogP contribution in [0.25, 0.3) is 28.2 Å². The van der Waals surface area contributed by atoms with Gasteiger partial charge in [-0.15, -0.1) is 0 Å². The van der Waals surface area contributed by atoms with Gasteiger partial charge in [-0.25, -0.2) is 4.79 Å². The van der Waals surface area contributed by atoms with Crippen molar-refractivity contribution in [3.63, 3.8) is 0 Å². The Kier molecular flexibility index (Phi) is 3.32. The number of aromatic nitrogens is 1. The molecule has 0 aliphatic rings. The summed E-state index contributed by atoms with van der Waals surface area (Å²) in [5, 5.41) is 9.97. The number of fused-ring (bicyclic) bond motifs is 1. The molecule has 0 spiro atoms. The second kappa shape index (κ2) is 5.29. The van der Waals surface area contributed by atoms with Crippen molar-refractivity contribution in [3.05, 3.63) is 66.2 Å². The Balaban J connectivity index is 2.34. The van der Waals surface area contributed by atoms with Gasteiger partial charge in [-0.05, 0) is 17.7 Å². The molecule has 0 amide bonds. The molecule has 1 aromatic heterocycles. The van der Waals surface area contributed by atoms with E-state index < -0.39 is 5.97 Å². The van der Waals surface area contributed by atoms with Crippen molar-refractivity contribution in [2.24, 2.45) is 7.05 Å². The summed E-state index contributed by atoms with van der Waals surface area (Å²) in [6.45, 7) is 0. The van der Waals surface area contributed by atoms with E-state index in [1.54, 1.807) is 6.08 Å². The maximum Gasteiger partial charge on any atom is 0.328 e. The van der Waals surface area contributed by atoms with Gasteiger partial charge in [0.25, 0.3) is 0 Å². The van der Waals surface area contributed by atoms with E-state index in [0.717, 1.165) is 27.7 Å². The highest BCUT2D eigenvalue weighted by Gasteiger charge is 2.14. The lowest BCUT2D eigenvalue weighted by Crippen LogP contribution is -1.92. The first-order valence-electron chi connectivity index (χ1n) is 6.72. The first-order chi connectivity index (χ1) is 10.2. The fourth-order valence-corrected chi connectivity index (χ4v) is 2.69. The van der Waals surface area contributed by atoms with Crippen LogP contribution in [0.3, 0.4) is 0 Å². The van der Waals surface area contributed by atoms with E-state index >= 15 is 0 Å². The summed E-state index contributed by atoms with van der Waals surface area (Å²) >= 11 is 0. The highest BCUT2D eigenvalue weighted by molar-refractivity contribution is 6.00. The van der Waals surface area contributed by atoms with Crippen LogP contribution in [-0.4, -0.2) is 15.6 Å². The summed E-state index contributed by atoms with van der Waals surface area (Å²) in [6, 6.07) is 18.0. The van der Waals surface area contributed by atoms with Gasteiger partial charge in [-0.1, -0.05) is 48.5 Å². The number of rotatable bonds is 3. The minimum absolute atomic E-state index is 0.932. The van der Waals surface area contributed by atoms with E-state index in [2.05, 4.69) is 4.57 Å². The summed E-state index contributed by atoms with van der Waals surface area (Å²) < 4.78 is 2.10. The monoisotopic (exact) mass is 277 g/mol. The van der Waals surface area contributed by atoms with Crippen LogP contribution >= 0.6 is 0 Å². The fraction of sp³-hybridized carbons (Fsp3) is 0.0556. The van der Waals surface area contributed by atoms with E-state index in [1.807, 2.05) is 61.6 Å². The zero-order valence-corrected chi connectivity index (χ0v) is 11.7. The molecule has 0 saturated carbocycles. The second-order valence-electron chi connectivity index (χ2n) is 4.88. The van der Waals surface area contributed by atoms with Crippen molar-refractivity contribution in [1.29, 1.82) is 0 Å². The summed E-state index contributed by atoms with van der Waals surface area (Å²) in [5.41, 5.74) is 4.11. The first-order valence-corrected chi connectivity index (χ1v) is 6.72. The third kappa shape index (κ3) is 2.34. The number of carbonyl (C=O) groups is 1. The lowest BCUT2D eigenvalue weighted by molar-refractivity contribution is -0.131. The van der Waals surface area contributed by atoms with Crippen molar-refractivity contribution in [1.82, 2.24) is 4.57 Å². The molecule has 21 heavy (non-hydrogen) atoms. The topological polar surface area (TPSA) is 42.2 Å². The Bertz CT molecular complexity index is 829. The summed E-state index contributed by atoms with van der Waals surface area (Å²) in [6.07, 6.45) is 2.86. The van der Waals surface area contributed by atoms with Crippen LogP contribution in [0.2, 0.25) is 0 Å². The molecule has 0 unspecified atom stereocenters. The van der Waals surface area contributed by atoms with Crippen molar-refractivity contribution in [2.75, 3.05) is 0 Å². The van der Waals surface area contributed by atoms with E-state index in [-0.39, 0.29) is 0 Å². The molecule has 3 heteroatoms. The van der Waals surface area contributed by atoms with Gasteiger partial charge in [0.15, 0.2) is 0 Å². The summed E-state index contributed by atoms with van der Waals surface area (Å²) in [5.74, 6) is -0.943. The lowest BCUT2D eigenvalue weighted by Gasteiger charge is -2.06. The van der Waals surface area contributed by atoms with Crippen molar-refractivity contribution in [3.8, 4) is 11.3 Å². The number of carboxylic acid groups (broad SMARTS) is 1. The van der Waals surface area contributed by atoms with Crippen LogP contribution in [-0.2, 0) is 11.8 Å². The van der Waals surface area contributed by atoms with E-state index in [0.29, 0.717) is 0 Å². The normalized spacial score (nSPS) is 11.3. The first kappa shape index (κ1) is 13.2. The predicted octanol–water partition coefficient (Wildman–Crippen LogP) is 3.94. The van der Waals surface area contributed by atoms with Crippen molar-refractivity contribution >= 4 is 22.9 Å². The van der Waals surface area contributed by atoms with Gasteiger partial charge in [0, 0.05) is 29.6 Å². The quantitative estimate of drug-likeness (QED) is 0.737. The van der Waals surface area contributed by atoms with Crippen LogP contribution in [0.15, 0.2) is 60.7 Å². The average Bonchev–Trinajstić information content (AvgIpc) is 2.79. The molecular weight excluding hydrogens is 262 g/mol. The van der Waals surface area contributed by atoms with Gasteiger partial charge in [-0.3, -0.25) is 0 Å². The summed E-state index contributed by atoms with van der Waals surface area (Å²) in [7, 11) is 2.00. The average molecular weight is 277 g/mol. The molecule has 0 fully saturated rings. The van der Waals surface area contributed by atoms with Crippen LogP contribution in [0, 0.1) is 0 Å². The molecule has 2 aromatic carbocycles.